The van der Waals surface area contributed by atoms with Crippen molar-refractivity contribution in [1.29, 1.82) is 5.26 Å². The third-order valence-electron chi connectivity index (χ3n) is 4.96. The maximum atomic E-state index is 12.7. The van der Waals surface area contributed by atoms with Crippen LogP contribution in [0.15, 0.2) is 64.6 Å². The fraction of sp³-hybridized carbons (Fsp3) is 0.185. The Balaban J connectivity index is 1.85. The zero-order valence-corrected chi connectivity index (χ0v) is 21.5. The molecule has 0 aliphatic carbocycles. The smallest absolute Gasteiger partial charge is 0.266 e. The average molecular weight is 540 g/mol. The number of hydrogen-bond donors (Lipinski definition) is 1. The van der Waals surface area contributed by atoms with Gasteiger partial charge in [-0.05, 0) is 83.7 Å². The molecule has 0 radical (unpaired) electrons. The molecule has 0 saturated heterocycles. The maximum absolute atomic E-state index is 12.7. The van der Waals surface area contributed by atoms with Crippen LogP contribution in [0.4, 0.5) is 5.69 Å². The summed E-state index contributed by atoms with van der Waals surface area (Å²) in [6, 6.07) is 18.8. The number of nitrogens with zero attached hydrogens (tertiary/aromatic N) is 1. The number of hydrogen-bond acceptors (Lipinski definition) is 4. The number of halogens is 2. The second-order valence-corrected chi connectivity index (χ2v) is 8.91. The number of benzene rings is 3. The van der Waals surface area contributed by atoms with Crippen molar-refractivity contribution in [2.45, 2.75) is 27.4 Å². The minimum absolute atomic E-state index is 0.0537. The summed E-state index contributed by atoms with van der Waals surface area (Å²) < 4.78 is 12.5. The molecule has 5 nitrogen and oxygen atoms in total. The first-order chi connectivity index (χ1) is 16.3. The molecule has 0 atom stereocenters. The quantitative estimate of drug-likeness (QED) is 0.242. The maximum Gasteiger partial charge on any atom is 0.266 e. The van der Waals surface area contributed by atoms with E-state index < -0.39 is 5.91 Å². The number of carbonyl (C=O) groups excluding carboxylic acids is 1. The van der Waals surface area contributed by atoms with E-state index in [4.69, 9.17) is 21.1 Å². The summed E-state index contributed by atoms with van der Waals surface area (Å²) in [7, 11) is 0. The van der Waals surface area contributed by atoms with Gasteiger partial charge in [0.2, 0.25) is 0 Å². The molecular weight excluding hydrogens is 516 g/mol. The third-order valence-corrected chi connectivity index (χ3v) is 5.78. The molecule has 0 bridgehead atoms. The predicted molar refractivity (Wildman–Crippen MR) is 139 cm³/mol. The number of anilines is 1. The Morgan fingerprint density at radius 2 is 1.85 bits per heavy atom. The molecule has 174 valence electrons. The molecule has 3 aromatic carbocycles. The first-order valence-electron chi connectivity index (χ1n) is 10.6. The minimum Gasteiger partial charge on any atom is -0.490 e. The van der Waals surface area contributed by atoms with Crippen LogP contribution >= 0.6 is 27.5 Å². The first-order valence-corrected chi connectivity index (χ1v) is 11.8. The number of amides is 1. The number of ether oxygens (including phenoxy) is 2. The second kappa shape index (κ2) is 11.7. The number of nitriles is 1. The van der Waals surface area contributed by atoms with E-state index in [0.29, 0.717) is 45.5 Å². The standard InChI is InChI=1S/C27H24BrClN2O3/c1-4-33-25-13-20(12-23(28)26(25)34-16-19-8-5-17(2)6-9-19)11-21(15-30)27(32)31-24-14-22(29)10-7-18(24)3/h5-14H,4,16H2,1-3H3,(H,31,32)/b21-11+. The molecule has 7 heteroatoms. The SMILES string of the molecule is CCOc1cc(/C=C(\C#N)C(=O)Nc2cc(Cl)ccc2C)cc(Br)c1OCc1ccc(C)cc1. The van der Waals surface area contributed by atoms with Crippen molar-refractivity contribution in [3.05, 3.63) is 91.9 Å². The van der Waals surface area contributed by atoms with Crippen molar-refractivity contribution in [3.63, 3.8) is 0 Å². The molecule has 1 amide bonds. The van der Waals surface area contributed by atoms with Gasteiger partial charge in [-0.15, -0.1) is 0 Å². The predicted octanol–water partition coefficient (Wildman–Crippen LogP) is 7.24. The van der Waals surface area contributed by atoms with Crippen LogP contribution in [0.2, 0.25) is 5.02 Å². The van der Waals surface area contributed by atoms with Crippen LogP contribution in [0.5, 0.6) is 11.5 Å². The van der Waals surface area contributed by atoms with E-state index in [2.05, 4.69) is 21.2 Å². The molecule has 0 unspecified atom stereocenters. The van der Waals surface area contributed by atoms with Gasteiger partial charge in [0.25, 0.3) is 5.91 Å². The van der Waals surface area contributed by atoms with E-state index in [1.165, 1.54) is 11.6 Å². The van der Waals surface area contributed by atoms with Crippen molar-refractivity contribution in [2.75, 3.05) is 11.9 Å². The van der Waals surface area contributed by atoms with Gasteiger partial charge in [0.15, 0.2) is 11.5 Å². The number of carbonyl (C=O) groups is 1. The topological polar surface area (TPSA) is 71.3 Å². The van der Waals surface area contributed by atoms with E-state index in [0.717, 1.165) is 11.1 Å². The first kappa shape index (κ1) is 25.4. The van der Waals surface area contributed by atoms with Crippen LogP contribution in [0.3, 0.4) is 0 Å². The van der Waals surface area contributed by atoms with Crippen molar-refractivity contribution in [1.82, 2.24) is 0 Å². The van der Waals surface area contributed by atoms with Crippen molar-refractivity contribution >= 4 is 45.2 Å². The van der Waals surface area contributed by atoms with Crippen LogP contribution in [-0.4, -0.2) is 12.5 Å². The zero-order chi connectivity index (χ0) is 24.7. The van der Waals surface area contributed by atoms with Gasteiger partial charge in [-0.2, -0.15) is 5.26 Å². The normalized spacial score (nSPS) is 11.0. The molecule has 0 aromatic heterocycles. The molecule has 0 heterocycles. The molecule has 0 saturated carbocycles. The Labute approximate surface area is 213 Å². The fourth-order valence-corrected chi connectivity index (χ4v) is 3.89. The lowest BCUT2D eigenvalue weighted by molar-refractivity contribution is -0.112. The van der Waals surface area contributed by atoms with E-state index in [1.54, 1.807) is 30.3 Å². The van der Waals surface area contributed by atoms with Crippen LogP contribution in [0.1, 0.15) is 29.2 Å². The van der Waals surface area contributed by atoms with Crippen molar-refractivity contribution in [2.24, 2.45) is 0 Å². The van der Waals surface area contributed by atoms with Gasteiger partial charge >= 0.3 is 0 Å². The van der Waals surface area contributed by atoms with Crippen molar-refractivity contribution in [3.8, 4) is 17.6 Å². The molecular formula is C27H24BrClN2O3. The van der Waals surface area contributed by atoms with Gasteiger partial charge in [-0.25, -0.2) is 0 Å². The number of rotatable bonds is 8. The van der Waals surface area contributed by atoms with Crippen molar-refractivity contribution < 1.29 is 14.3 Å². The van der Waals surface area contributed by atoms with Gasteiger partial charge in [0.05, 0.1) is 11.1 Å². The highest BCUT2D eigenvalue weighted by atomic mass is 79.9. The molecule has 1 N–H and O–H groups in total. The van der Waals surface area contributed by atoms with E-state index in [1.807, 2.05) is 51.1 Å². The highest BCUT2D eigenvalue weighted by Crippen LogP contribution is 2.38. The molecule has 0 aliphatic heterocycles. The third kappa shape index (κ3) is 6.63. The number of nitrogens with one attached hydrogen (secondary N) is 1. The summed E-state index contributed by atoms with van der Waals surface area (Å²) in [6.45, 7) is 6.57. The monoisotopic (exact) mass is 538 g/mol. The van der Waals surface area contributed by atoms with E-state index in [9.17, 15) is 10.1 Å². The van der Waals surface area contributed by atoms with Crippen LogP contribution in [0, 0.1) is 25.2 Å². The molecule has 0 fully saturated rings. The van der Waals surface area contributed by atoms with Gasteiger partial charge in [-0.3, -0.25) is 4.79 Å². The number of aryl methyl sites for hydroxylation is 2. The Kier molecular flexibility index (Phi) is 8.75. The summed E-state index contributed by atoms with van der Waals surface area (Å²) >= 11 is 9.57. The summed E-state index contributed by atoms with van der Waals surface area (Å²) in [4.78, 5) is 12.7. The van der Waals surface area contributed by atoms with Gasteiger partial charge in [0, 0.05) is 10.7 Å². The lowest BCUT2D eigenvalue weighted by Gasteiger charge is -2.15. The lowest BCUT2D eigenvalue weighted by atomic mass is 10.1. The Morgan fingerprint density at radius 1 is 1.12 bits per heavy atom. The Hall–Kier alpha value is -3.27. The van der Waals surface area contributed by atoms with E-state index >= 15 is 0 Å². The summed E-state index contributed by atoms with van der Waals surface area (Å²) in [5, 5.41) is 12.9. The summed E-state index contributed by atoms with van der Waals surface area (Å²) in [5.74, 6) is 0.539. The average Bonchev–Trinajstić information content (AvgIpc) is 2.80. The van der Waals surface area contributed by atoms with E-state index in [-0.39, 0.29) is 5.57 Å². The molecule has 34 heavy (non-hydrogen) atoms. The highest BCUT2D eigenvalue weighted by Gasteiger charge is 2.15. The summed E-state index contributed by atoms with van der Waals surface area (Å²) in [5.41, 5.74) is 4.17. The van der Waals surface area contributed by atoms with Gasteiger partial charge in [0.1, 0.15) is 18.2 Å². The van der Waals surface area contributed by atoms with Crippen LogP contribution in [0.25, 0.3) is 6.08 Å². The zero-order valence-electron chi connectivity index (χ0n) is 19.1. The molecule has 3 aromatic rings. The summed E-state index contributed by atoms with van der Waals surface area (Å²) in [6.07, 6.45) is 1.51. The van der Waals surface area contributed by atoms with Gasteiger partial charge in [-0.1, -0.05) is 47.5 Å². The Bertz CT molecular complexity index is 1260. The van der Waals surface area contributed by atoms with Crippen LogP contribution in [-0.2, 0) is 11.4 Å². The van der Waals surface area contributed by atoms with Crippen LogP contribution < -0.4 is 14.8 Å². The minimum atomic E-state index is -0.526. The fourth-order valence-electron chi connectivity index (χ4n) is 3.15. The lowest BCUT2D eigenvalue weighted by Crippen LogP contribution is -2.14. The molecule has 0 spiro atoms. The van der Waals surface area contributed by atoms with Gasteiger partial charge < -0.3 is 14.8 Å². The second-order valence-electron chi connectivity index (χ2n) is 7.62. The highest BCUT2D eigenvalue weighted by molar-refractivity contribution is 9.10. The molecule has 3 rings (SSSR count). The largest absolute Gasteiger partial charge is 0.490 e. The molecule has 0 aliphatic rings. The Morgan fingerprint density at radius 3 is 2.53 bits per heavy atom.